The van der Waals surface area contributed by atoms with Gasteiger partial charge in [-0.1, -0.05) is 0 Å². The van der Waals surface area contributed by atoms with E-state index in [4.69, 9.17) is 5.11 Å². The summed E-state index contributed by atoms with van der Waals surface area (Å²) < 4.78 is 37.4. The highest BCUT2D eigenvalue weighted by atomic mass is 19.4. The lowest BCUT2D eigenvalue weighted by Crippen LogP contribution is -2.37. The molecule has 0 bridgehead atoms. The van der Waals surface area contributed by atoms with E-state index in [1.807, 2.05) is 0 Å². The van der Waals surface area contributed by atoms with Gasteiger partial charge >= 0.3 is 11.9 Å². The Bertz CT molecular complexity index is 482. The zero-order valence-electron chi connectivity index (χ0n) is 10.4. The van der Waals surface area contributed by atoms with Crippen molar-refractivity contribution >= 4 is 17.5 Å². The molecule has 0 aliphatic carbocycles. The first kappa shape index (κ1) is 15.9. The second kappa shape index (κ2) is 6.32. The molecule has 11 heteroatoms. The number of hydrogen-bond donors (Lipinski definition) is 2. The molecule has 112 valence electrons. The molecule has 0 atom stereocenters. The van der Waals surface area contributed by atoms with Crippen LogP contribution < -0.4 is 10.2 Å². The molecule has 0 radical (unpaired) electrons. The summed E-state index contributed by atoms with van der Waals surface area (Å²) in [6.45, 7) is -2.51. The Labute approximate surface area is 111 Å². The van der Waals surface area contributed by atoms with Gasteiger partial charge in [-0.25, -0.2) is 4.98 Å². The number of nitrogens with zero attached hydrogens (tertiary/aromatic N) is 4. The molecular formula is C9H12F3N5O3. The summed E-state index contributed by atoms with van der Waals surface area (Å²) in [7, 11) is 1.42. The van der Waals surface area contributed by atoms with Crippen molar-refractivity contribution < 1.29 is 23.2 Å². The summed E-state index contributed by atoms with van der Waals surface area (Å²) in [5, 5.41) is 22.1. The maximum Gasteiger partial charge on any atom is 0.405 e. The number of nitrogens with one attached hydrogen (secondary N) is 1. The molecule has 0 saturated heterocycles. The van der Waals surface area contributed by atoms with E-state index in [-0.39, 0.29) is 5.95 Å². The minimum atomic E-state index is -4.59. The van der Waals surface area contributed by atoms with Crippen molar-refractivity contribution in [1.82, 2.24) is 9.97 Å². The van der Waals surface area contributed by atoms with Gasteiger partial charge < -0.3 is 15.3 Å². The third-order valence-electron chi connectivity index (χ3n) is 2.21. The summed E-state index contributed by atoms with van der Waals surface area (Å²) in [5.41, 5.74) is -0.665. The number of anilines is 2. The quantitative estimate of drug-likeness (QED) is 0.590. The van der Waals surface area contributed by atoms with E-state index in [0.29, 0.717) is 4.90 Å². The predicted octanol–water partition coefficient (Wildman–Crippen LogP) is 0.787. The van der Waals surface area contributed by atoms with E-state index in [1.54, 1.807) is 0 Å². The lowest BCUT2D eigenvalue weighted by Gasteiger charge is -2.23. The van der Waals surface area contributed by atoms with Crippen LogP contribution in [0, 0.1) is 10.1 Å². The Hall–Kier alpha value is -2.17. The molecule has 0 spiro atoms. The third kappa shape index (κ3) is 4.19. The van der Waals surface area contributed by atoms with E-state index in [1.165, 1.54) is 7.05 Å². The number of hydrogen-bond acceptors (Lipinski definition) is 7. The average Bonchev–Trinajstić information content (AvgIpc) is 2.35. The van der Waals surface area contributed by atoms with E-state index >= 15 is 0 Å². The summed E-state index contributed by atoms with van der Waals surface area (Å²) in [5.74, 6) is -0.559. The van der Waals surface area contributed by atoms with Crippen LogP contribution in [0.15, 0.2) is 6.20 Å². The molecule has 0 aliphatic heterocycles. The SMILES string of the molecule is CNc1ncc([N+](=O)[O-])c(N(CCO)CC(F)(F)F)n1. The zero-order valence-corrected chi connectivity index (χ0v) is 10.4. The Morgan fingerprint density at radius 2 is 2.20 bits per heavy atom. The van der Waals surface area contributed by atoms with Gasteiger partial charge in [-0.05, 0) is 0 Å². The normalized spacial score (nSPS) is 11.2. The number of rotatable bonds is 6. The second-order valence-electron chi connectivity index (χ2n) is 3.67. The van der Waals surface area contributed by atoms with Gasteiger partial charge in [-0.15, -0.1) is 0 Å². The molecule has 0 aliphatic rings. The molecule has 0 fully saturated rings. The van der Waals surface area contributed by atoms with Crippen molar-refractivity contribution in [2.45, 2.75) is 6.18 Å². The summed E-state index contributed by atoms with van der Waals surface area (Å²) in [6.07, 6.45) is -3.78. The summed E-state index contributed by atoms with van der Waals surface area (Å²) in [6, 6.07) is 0. The van der Waals surface area contributed by atoms with E-state index in [2.05, 4.69) is 15.3 Å². The van der Waals surface area contributed by atoms with E-state index < -0.39 is 42.3 Å². The molecule has 0 aromatic carbocycles. The van der Waals surface area contributed by atoms with E-state index in [0.717, 1.165) is 6.20 Å². The molecular weight excluding hydrogens is 283 g/mol. The topological polar surface area (TPSA) is 104 Å². The maximum atomic E-state index is 12.5. The molecule has 1 aromatic rings. The Morgan fingerprint density at radius 3 is 2.65 bits per heavy atom. The van der Waals surface area contributed by atoms with E-state index in [9.17, 15) is 23.3 Å². The molecule has 0 saturated carbocycles. The Morgan fingerprint density at radius 1 is 1.55 bits per heavy atom. The van der Waals surface area contributed by atoms with Gasteiger partial charge in [0.15, 0.2) is 0 Å². The third-order valence-corrected chi connectivity index (χ3v) is 2.21. The highest BCUT2D eigenvalue weighted by molar-refractivity contribution is 5.59. The van der Waals surface area contributed by atoms with Crippen molar-refractivity contribution in [3.63, 3.8) is 0 Å². The monoisotopic (exact) mass is 295 g/mol. The van der Waals surface area contributed by atoms with Crippen LogP contribution in [0.1, 0.15) is 0 Å². The lowest BCUT2D eigenvalue weighted by molar-refractivity contribution is -0.384. The van der Waals surface area contributed by atoms with Crippen molar-refractivity contribution in [1.29, 1.82) is 0 Å². The lowest BCUT2D eigenvalue weighted by atomic mass is 10.4. The standard InChI is InChI=1S/C9H12F3N5O3/c1-13-8-14-4-6(17(19)20)7(15-8)16(2-3-18)5-9(10,11)12/h4,18H,2-3,5H2,1H3,(H,13,14,15). The second-order valence-corrected chi connectivity index (χ2v) is 3.67. The molecule has 2 N–H and O–H groups in total. The molecule has 1 rings (SSSR count). The number of halogens is 3. The van der Waals surface area contributed by atoms with Gasteiger partial charge in [-0.3, -0.25) is 10.1 Å². The van der Waals surface area contributed by atoms with Gasteiger partial charge in [-0.2, -0.15) is 18.2 Å². The zero-order chi connectivity index (χ0) is 15.3. The minimum absolute atomic E-state index is 0.0595. The van der Waals surface area contributed by atoms with Crippen LogP contribution in [0.5, 0.6) is 0 Å². The highest BCUT2D eigenvalue weighted by Gasteiger charge is 2.34. The smallest absolute Gasteiger partial charge is 0.395 e. The minimum Gasteiger partial charge on any atom is -0.395 e. The Balaban J connectivity index is 3.25. The van der Waals surface area contributed by atoms with Crippen molar-refractivity contribution in [3.8, 4) is 0 Å². The van der Waals surface area contributed by atoms with Crippen LogP contribution in [0.3, 0.4) is 0 Å². The number of aliphatic hydroxyl groups is 1. The van der Waals surface area contributed by atoms with Crippen molar-refractivity contribution in [3.05, 3.63) is 16.3 Å². The van der Waals surface area contributed by atoms with Crippen LogP contribution >= 0.6 is 0 Å². The average molecular weight is 295 g/mol. The molecule has 1 heterocycles. The Kier molecular flexibility index (Phi) is 5.02. The first-order valence-corrected chi connectivity index (χ1v) is 5.40. The number of aliphatic hydroxyl groups excluding tert-OH is 1. The summed E-state index contributed by atoms with van der Waals surface area (Å²) in [4.78, 5) is 17.8. The molecule has 0 amide bonds. The molecule has 0 unspecified atom stereocenters. The van der Waals surface area contributed by atoms with Crippen LogP contribution in [-0.4, -0.2) is 52.9 Å². The van der Waals surface area contributed by atoms with Crippen LogP contribution in [0.25, 0.3) is 0 Å². The van der Waals surface area contributed by atoms with Gasteiger partial charge in [0.2, 0.25) is 11.8 Å². The number of alkyl halides is 3. The predicted molar refractivity (Wildman–Crippen MR) is 63.6 cm³/mol. The summed E-state index contributed by atoms with van der Waals surface area (Å²) >= 11 is 0. The molecule has 1 aromatic heterocycles. The van der Waals surface area contributed by atoms with Crippen LogP contribution in [0.4, 0.5) is 30.6 Å². The maximum absolute atomic E-state index is 12.5. The number of aromatic nitrogens is 2. The van der Waals surface area contributed by atoms with Crippen molar-refractivity contribution in [2.24, 2.45) is 0 Å². The fourth-order valence-electron chi connectivity index (χ4n) is 1.45. The fourth-order valence-corrected chi connectivity index (χ4v) is 1.45. The van der Waals surface area contributed by atoms with Gasteiger partial charge in [0.05, 0.1) is 11.5 Å². The number of nitro groups is 1. The van der Waals surface area contributed by atoms with Gasteiger partial charge in [0.1, 0.15) is 12.7 Å². The first-order valence-electron chi connectivity index (χ1n) is 5.40. The first-order chi connectivity index (χ1) is 9.28. The molecule has 8 nitrogen and oxygen atoms in total. The molecule has 20 heavy (non-hydrogen) atoms. The van der Waals surface area contributed by atoms with Gasteiger partial charge in [0.25, 0.3) is 0 Å². The van der Waals surface area contributed by atoms with Crippen molar-refractivity contribution in [2.75, 3.05) is 37.0 Å². The van der Waals surface area contributed by atoms with Gasteiger partial charge in [0, 0.05) is 13.6 Å². The highest BCUT2D eigenvalue weighted by Crippen LogP contribution is 2.28. The van der Waals surface area contributed by atoms with Crippen LogP contribution in [0.2, 0.25) is 0 Å². The van der Waals surface area contributed by atoms with Crippen LogP contribution in [-0.2, 0) is 0 Å². The fraction of sp³-hybridized carbons (Fsp3) is 0.556. The largest absolute Gasteiger partial charge is 0.405 e.